The van der Waals surface area contributed by atoms with Crippen molar-refractivity contribution in [3.8, 4) is 5.75 Å². The second kappa shape index (κ2) is 8.95. The summed E-state index contributed by atoms with van der Waals surface area (Å²) in [5.74, 6) is 1.58. The van der Waals surface area contributed by atoms with Gasteiger partial charge in [-0.1, -0.05) is 6.07 Å². The van der Waals surface area contributed by atoms with E-state index in [1.807, 2.05) is 28.8 Å². The molecule has 0 unspecified atom stereocenters. The highest BCUT2D eigenvalue weighted by molar-refractivity contribution is 5.94. The molecule has 8 nitrogen and oxygen atoms in total. The topological polar surface area (TPSA) is 96.3 Å². The second-order valence-electron chi connectivity index (χ2n) is 8.11. The van der Waals surface area contributed by atoms with Crippen molar-refractivity contribution in [2.24, 2.45) is 5.73 Å². The minimum absolute atomic E-state index is 0.128. The molecule has 1 saturated heterocycles. The minimum Gasteiger partial charge on any atom is -0.494 e. The Morgan fingerprint density at radius 1 is 1.29 bits per heavy atom. The fourth-order valence-electron chi connectivity index (χ4n) is 4.07. The maximum Gasteiger partial charge on any atom is 0.253 e. The molecule has 1 aliphatic heterocycles. The SMILES string of the molecule is CN(C[C@]1(O)CCN(c2cccc3nccn23)C1)C(=O)c1ccc(OCCCN)cc1. The minimum atomic E-state index is -0.974. The third kappa shape index (κ3) is 4.65. The highest BCUT2D eigenvalue weighted by Crippen LogP contribution is 2.28. The zero-order valence-electron chi connectivity index (χ0n) is 17.8. The summed E-state index contributed by atoms with van der Waals surface area (Å²) in [5.41, 5.74) is 5.93. The van der Waals surface area contributed by atoms with Crippen LogP contribution in [0.4, 0.5) is 5.82 Å². The van der Waals surface area contributed by atoms with Crippen molar-refractivity contribution >= 4 is 17.4 Å². The molecule has 3 N–H and O–H groups in total. The zero-order chi connectivity index (χ0) is 21.8. The summed E-state index contributed by atoms with van der Waals surface area (Å²) >= 11 is 0. The van der Waals surface area contributed by atoms with Crippen LogP contribution in [0.25, 0.3) is 5.65 Å². The highest BCUT2D eigenvalue weighted by Gasteiger charge is 2.38. The molecular formula is C23H29N5O3. The smallest absolute Gasteiger partial charge is 0.253 e. The van der Waals surface area contributed by atoms with E-state index in [0.717, 1.165) is 17.9 Å². The number of amides is 1. The van der Waals surface area contributed by atoms with Crippen LogP contribution >= 0.6 is 0 Å². The average Bonchev–Trinajstić information content (AvgIpc) is 3.40. The van der Waals surface area contributed by atoms with Gasteiger partial charge in [0.1, 0.15) is 22.8 Å². The van der Waals surface area contributed by atoms with Gasteiger partial charge in [0.25, 0.3) is 5.91 Å². The second-order valence-corrected chi connectivity index (χ2v) is 8.11. The number of rotatable bonds is 8. The van der Waals surface area contributed by atoms with E-state index >= 15 is 0 Å². The van der Waals surface area contributed by atoms with Crippen molar-refractivity contribution in [2.75, 3.05) is 44.7 Å². The van der Waals surface area contributed by atoms with Gasteiger partial charge in [-0.2, -0.15) is 0 Å². The van der Waals surface area contributed by atoms with E-state index in [1.165, 1.54) is 0 Å². The van der Waals surface area contributed by atoms with Crippen molar-refractivity contribution in [3.05, 3.63) is 60.4 Å². The Balaban J connectivity index is 1.38. The summed E-state index contributed by atoms with van der Waals surface area (Å²) in [6.07, 6.45) is 5.06. The normalized spacial score (nSPS) is 18.5. The molecule has 0 radical (unpaired) electrons. The number of aromatic nitrogens is 2. The first-order chi connectivity index (χ1) is 15.0. The highest BCUT2D eigenvalue weighted by atomic mass is 16.5. The van der Waals surface area contributed by atoms with Crippen LogP contribution in [0.1, 0.15) is 23.2 Å². The lowest BCUT2D eigenvalue weighted by Gasteiger charge is -2.29. The van der Waals surface area contributed by atoms with Crippen molar-refractivity contribution in [2.45, 2.75) is 18.4 Å². The van der Waals surface area contributed by atoms with E-state index in [9.17, 15) is 9.90 Å². The van der Waals surface area contributed by atoms with E-state index in [2.05, 4.69) is 9.88 Å². The predicted molar refractivity (Wildman–Crippen MR) is 120 cm³/mol. The van der Waals surface area contributed by atoms with Gasteiger partial charge >= 0.3 is 0 Å². The standard InChI is InChI=1S/C23H29N5O3/c1-26(22(29)18-6-8-19(9-7-18)31-15-3-11-24)16-23(30)10-13-27(17-23)21-5-2-4-20-25-12-14-28(20)21/h2,4-9,12,14,30H,3,10-11,13,15-17,24H2,1H3/t23-/m1/s1. The molecule has 0 aliphatic carbocycles. The van der Waals surface area contributed by atoms with Gasteiger partial charge in [0.2, 0.25) is 0 Å². The molecule has 8 heteroatoms. The van der Waals surface area contributed by atoms with Gasteiger partial charge in [0.05, 0.1) is 13.2 Å². The summed E-state index contributed by atoms with van der Waals surface area (Å²) in [7, 11) is 1.73. The molecule has 0 saturated carbocycles. The van der Waals surface area contributed by atoms with Gasteiger partial charge in [-0.05, 0) is 55.8 Å². The number of hydrogen-bond donors (Lipinski definition) is 2. The summed E-state index contributed by atoms with van der Waals surface area (Å²) in [5, 5.41) is 11.2. The number of imidazole rings is 1. The Labute approximate surface area is 181 Å². The van der Waals surface area contributed by atoms with E-state index in [-0.39, 0.29) is 12.5 Å². The Morgan fingerprint density at radius 2 is 2.10 bits per heavy atom. The molecule has 0 spiro atoms. The number of nitrogens with zero attached hydrogens (tertiary/aromatic N) is 4. The number of carbonyl (C=O) groups is 1. The molecular weight excluding hydrogens is 394 g/mol. The number of pyridine rings is 1. The van der Waals surface area contributed by atoms with Crippen LogP contribution in [0.2, 0.25) is 0 Å². The maximum absolute atomic E-state index is 12.9. The van der Waals surface area contributed by atoms with Crippen LogP contribution in [-0.4, -0.2) is 70.7 Å². The Kier molecular flexibility index (Phi) is 6.11. The maximum atomic E-state index is 12.9. The molecule has 1 atom stereocenters. The lowest BCUT2D eigenvalue weighted by molar-refractivity contribution is 0.0264. The number of likely N-dealkylation sites (N-methyl/N-ethyl adjacent to an activating group) is 1. The number of hydrogen-bond acceptors (Lipinski definition) is 6. The van der Waals surface area contributed by atoms with Crippen LogP contribution < -0.4 is 15.4 Å². The van der Waals surface area contributed by atoms with Crippen molar-refractivity contribution in [1.82, 2.24) is 14.3 Å². The van der Waals surface area contributed by atoms with Crippen LogP contribution in [0.5, 0.6) is 5.75 Å². The van der Waals surface area contributed by atoms with Gasteiger partial charge in [0.15, 0.2) is 0 Å². The van der Waals surface area contributed by atoms with Gasteiger partial charge < -0.3 is 25.4 Å². The fraction of sp³-hybridized carbons (Fsp3) is 0.391. The van der Waals surface area contributed by atoms with Crippen LogP contribution in [-0.2, 0) is 0 Å². The molecule has 164 valence electrons. The predicted octanol–water partition coefficient (Wildman–Crippen LogP) is 1.78. The molecule has 3 heterocycles. The van der Waals surface area contributed by atoms with Crippen molar-refractivity contribution < 1.29 is 14.6 Å². The monoisotopic (exact) mass is 423 g/mol. The Hall–Kier alpha value is -3.10. The Bertz CT molecular complexity index is 1040. The van der Waals surface area contributed by atoms with E-state index in [0.29, 0.717) is 44.0 Å². The van der Waals surface area contributed by atoms with Crippen LogP contribution in [0.15, 0.2) is 54.9 Å². The summed E-state index contributed by atoms with van der Waals surface area (Å²) < 4.78 is 7.60. The molecule has 4 rings (SSSR count). The van der Waals surface area contributed by atoms with Gasteiger partial charge in [-0.25, -0.2) is 4.98 Å². The van der Waals surface area contributed by atoms with Gasteiger partial charge in [0, 0.05) is 38.1 Å². The molecule has 1 aliphatic rings. The quantitative estimate of drug-likeness (QED) is 0.536. The van der Waals surface area contributed by atoms with Crippen molar-refractivity contribution in [1.29, 1.82) is 0 Å². The average molecular weight is 424 g/mol. The molecule has 1 aromatic carbocycles. The van der Waals surface area contributed by atoms with Gasteiger partial charge in [-0.15, -0.1) is 0 Å². The number of nitrogens with two attached hydrogens (primary N) is 1. The number of carbonyl (C=O) groups excluding carboxylic acids is 1. The van der Waals surface area contributed by atoms with E-state index < -0.39 is 5.60 Å². The summed E-state index contributed by atoms with van der Waals surface area (Å²) in [4.78, 5) is 20.9. The number of aliphatic hydroxyl groups is 1. The first-order valence-electron chi connectivity index (χ1n) is 10.6. The van der Waals surface area contributed by atoms with E-state index in [1.54, 1.807) is 42.4 Å². The molecule has 1 fully saturated rings. The van der Waals surface area contributed by atoms with E-state index in [4.69, 9.17) is 10.5 Å². The molecule has 2 aromatic heterocycles. The Morgan fingerprint density at radius 3 is 2.87 bits per heavy atom. The lowest BCUT2D eigenvalue weighted by Crippen LogP contribution is -2.46. The number of fused-ring (bicyclic) bond motifs is 1. The van der Waals surface area contributed by atoms with Crippen LogP contribution in [0, 0.1) is 0 Å². The zero-order valence-corrected chi connectivity index (χ0v) is 17.8. The summed E-state index contributed by atoms with van der Waals surface area (Å²) in [6, 6.07) is 13.0. The third-order valence-corrected chi connectivity index (χ3v) is 5.66. The number of anilines is 1. The molecule has 1 amide bonds. The lowest BCUT2D eigenvalue weighted by atomic mass is 10.0. The van der Waals surface area contributed by atoms with Gasteiger partial charge in [-0.3, -0.25) is 9.20 Å². The first kappa shape index (κ1) is 21.1. The molecule has 31 heavy (non-hydrogen) atoms. The molecule has 3 aromatic rings. The third-order valence-electron chi connectivity index (χ3n) is 5.66. The number of ether oxygens (including phenoxy) is 1. The number of benzene rings is 1. The fourth-order valence-corrected chi connectivity index (χ4v) is 4.07. The largest absolute Gasteiger partial charge is 0.494 e. The number of β-amino-alcohol motifs (C(OH)–C–C–N with tert-alkyl or cyclic N) is 1. The van der Waals surface area contributed by atoms with Crippen molar-refractivity contribution in [3.63, 3.8) is 0 Å². The summed E-state index contributed by atoms with van der Waals surface area (Å²) in [6.45, 7) is 2.57. The molecule has 0 bridgehead atoms. The first-order valence-corrected chi connectivity index (χ1v) is 10.6. The van der Waals surface area contributed by atoms with Crippen LogP contribution in [0.3, 0.4) is 0 Å².